The third-order valence-corrected chi connectivity index (χ3v) is 8.75. The van der Waals surface area contributed by atoms with Crippen LogP contribution in [0.5, 0.6) is 0 Å². The van der Waals surface area contributed by atoms with E-state index in [4.69, 9.17) is 9.72 Å². The topological polar surface area (TPSA) is 101 Å². The summed E-state index contributed by atoms with van der Waals surface area (Å²) < 4.78 is 5.02. The highest BCUT2D eigenvalue weighted by atomic mass is 32.1. The van der Waals surface area contributed by atoms with E-state index in [-0.39, 0.29) is 46.8 Å². The first kappa shape index (κ1) is 22.7. The molecule has 1 aromatic heterocycles. The minimum atomic E-state index is -0.559. The molecule has 0 unspecified atom stereocenters. The molecular formula is C23H35N3O4S. The molecule has 6 atom stereocenters. The quantitative estimate of drug-likeness (QED) is 0.556. The van der Waals surface area contributed by atoms with E-state index < -0.39 is 6.10 Å². The Balaban J connectivity index is 1.50. The molecule has 3 N–H and O–H groups in total. The fourth-order valence-electron chi connectivity index (χ4n) is 5.78. The zero-order chi connectivity index (χ0) is 22.3. The Labute approximate surface area is 188 Å². The predicted octanol–water partition coefficient (Wildman–Crippen LogP) is 2.94. The van der Waals surface area contributed by atoms with Gasteiger partial charge in [0.05, 0.1) is 18.4 Å². The van der Waals surface area contributed by atoms with Gasteiger partial charge in [0.25, 0.3) is 0 Å². The van der Waals surface area contributed by atoms with Crippen molar-refractivity contribution in [1.82, 2.24) is 10.3 Å². The van der Waals surface area contributed by atoms with Crippen LogP contribution in [0.1, 0.15) is 62.9 Å². The maximum atomic E-state index is 12.6. The average Bonchev–Trinajstić information content (AvgIpc) is 3.49. The summed E-state index contributed by atoms with van der Waals surface area (Å²) in [6, 6.07) is 0. The molecule has 0 bridgehead atoms. The number of hydrogen-bond acceptors (Lipinski definition) is 6. The molecule has 3 aliphatic rings. The number of amides is 2. The molecule has 31 heavy (non-hydrogen) atoms. The number of rotatable bonds is 7. The number of carbonyl (C=O) groups excluding carboxylic acids is 2. The van der Waals surface area contributed by atoms with Crippen LogP contribution < -0.4 is 10.6 Å². The molecule has 7 nitrogen and oxygen atoms in total. The summed E-state index contributed by atoms with van der Waals surface area (Å²) in [5, 5.41) is 18.1. The average molecular weight is 450 g/mol. The van der Waals surface area contributed by atoms with Gasteiger partial charge in [0, 0.05) is 36.3 Å². The molecule has 0 saturated heterocycles. The largest absolute Gasteiger partial charge is 0.392 e. The number of nitrogens with one attached hydrogen (secondary N) is 2. The van der Waals surface area contributed by atoms with Gasteiger partial charge in [-0.1, -0.05) is 20.8 Å². The number of ether oxygens (including phenoxy) is 1. The van der Waals surface area contributed by atoms with Gasteiger partial charge in [-0.05, 0) is 49.4 Å². The van der Waals surface area contributed by atoms with Crippen molar-refractivity contribution in [1.29, 1.82) is 0 Å². The van der Waals surface area contributed by atoms with E-state index in [0.29, 0.717) is 18.3 Å². The number of fused-ring (bicyclic) bond motifs is 2. The maximum Gasteiger partial charge on any atom is 0.229 e. The van der Waals surface area contributed by atoms with Crippen LogP contribution in [0.4, 0.5) is 5.13 Å². The Bertz CT molecular complexity index is 839. The number of methoxy groups -OCH3 is 1. The van der Waals surface area contributed by atoms with E-state index in [1.807, 2.05) is 6.92 Å². The molecular weight excluding hydrogens is 414 g/mol. The number of nitrogens with zero attached hydrogens (tertiary/aromatic N) is 1. The van der Waals surface area contributed by atoms with Gasteiger partial charge in [-0.25, -0.2) is 4.98 Å². The number of hydrogen-bond donors (Lipinski definition) is 3. The summed E-state index contributed by atoms with van der Waals surface area (Å²) in [5.41, 5.74) is 0.981. The molecule has 1 heterocycles. The Morgan fingerprint density at radius 2 is 2.10 bits per heavy atom. The van der Waals surface area contributed by atoms with Crippen LogP contribution in [0, 0.1) is 29.1 Å². The SMILES string of the molecule is COCCNC(=O)[C@@H](C)[C@@H]1CC[C@]2(C)Cc3sc(NC(=O)C4CC4)nc3[C@H](C)[C@@H]2[C@H]1O. The summed E-state index contributed by atoms with van der Waals surface area (Å²) in [7, 11) is 1.61. The normalized spacial score (nSPS) is 33.2. The zero-order valence-corrected chi connectivity index (χ0v) is 19.8. The Morgan fingerprint density at radius 3 is 2.77 bits per heavy atom. The first-order valence-corrected chi connectivity index (χ1v) is 12.3. The lowest BCUT2D eigenvalue weighted by Gasteiger charge is -2.53. The van der Waals surface area contributed by atoms with Gasteiger partial charge in [-0.3, -0.25) is 9.59 Å². The van der Waals surface area contributed by atoms with Gasteiger partial charge < -0.3 is 20.5 Å². The van der Waals surface area contributed by atoms with E-state index >= 15 is 0 Å². The number of aromatic nitrogens is 1. The molecule has 0 spiro atoms. The monoisotopic (exact) mass is 449 g/mol. The van der Waals surface area contributed by atoms with E-state index in [2.05, 4.69) is 24.5 Å². The van der Waals surface area contributed by atoms with Crippen LogP contribution in [0.2, 0.25) is 0 Å². The summed E-state index contributed by atoms with van der Waals surface area (Å²) in [6.07, 6.45) is 4.05. The smallest absolute Gasteiger partial charge is 0.229 e. The van der Waals surface area contributed by atoms with Crippen LogP contribution in [-0.4, -0.2) is 48.3 Å². The summed E-state index contributed by atoms with van der Waals surface area (Å²) >= 11 is 1.59. The molecule has 172 valence electrons. The minimum absolute atomic E-state index is 0.0208. The van der Waals surface area contributed by atoms with Gasteiger partial charge in [0.2, 0.25) is 11.8 Å². The van der Waals surface area contributed by atoms with Crippen LogP contribution in [-0.2, 0) is 20.7 Å². The fraction of sp³-hybridized carbons (Fsp3) is 0.783. The van der Waals surface area contributed by atoms with Crippen LogP contribution in [0.25, 0.3) is 0 Å². The standard InChI is InChI=1S/C23H35N3O4S/c1-12(20(28)24-9-10-30-4)15-7-8-23(3)11-16-18(13(2)17(23)19(15)27)25-22(31-16)26-21(29)14-5-6-14/h12-15,17,19,27H,5-11H2,1-4H3,(H,24,28)(H,25,26,29)/t12-,13+,15-,17+,19-,23+/m0/s1. The molecule has 8 heteroatoms. The second-order valence-electron chi connectivity index (χ2n) is 10.0. The molecule has 4 rings (SSSR count). The highest BCUT2D eigenvalue weighted by Gasteiger charge is 2.54. The van der Waals surface area contributed by atoms with E-state index in [0.717, 1.165) is 37.8 Å². The van der Waals surface area contributed by atoms with Gasteiger partial charge >= 0.3 is 0 Å². The molecule has 2 fully saturated rings. The van der Waals surface area contributed by atoms with Crippen molar-refractivity contribution in [2.24, 2.45) is 29.1 Å². The number of aliphatic hydroxyl groups is 1. The lowest BCUT2D eigenvalue weighted by Crippen LogP contribution is -2.53. The van der Waals surface area contributed by atoms with Crippen molar-refractivity contribution in [3.05, 3.63) is 10.6 Å². The Morgan fingerprint density at radius 1 is 1.35 bits per heavy atom. The van der Waals surface area contributed by atoms with Crippen LogP contribution in [0.3, 0.4) is 0 Å². The van der Waals surface area contributed by atoms with E-state index in [9.17, 15) is 14.7 Å². The highest BCUT2D eigenvalue weighted by molar-refractivity contribution is 7.15. The van der Waals surface area contributed by atoms with Crippen LogP contribution in [0.15, 0.2) is 0 Å². The second kappa shape index (κ2) is 8.79. The Hall–Kier alpha value is -1.51. The summed E-state index contributed by atoms with van der Waals surface area (Å²) in [5.74, 6) is 0.00670. The summed E-state index contributed by atoms with van der Waals surface area (Å²) in [4.78, 5) is 30.8. The number of aliphatic hydroxyl groups excluding tert-OH is 1. The van der Waals surface area contributed by atoms with Crippen molar-refractivity contribution in [3.8, 4) is 0 Å². The van der Waals surface area contributed by atoms with Gasteiger partial charge in [-0.15, -0.1) is 11.3 Å². The minimum Gasteiger partial charge on any atom is -0.392 e. The molecule has 0 radical (unpaired) electrons. The van der Waals surface area contributed by atoms with Crippen LogP contribution >= 0.6 is 11.3 Å². The van der Waals surface area contributed by atoms with Crippen molar-refractivity contribution in [3.63, 3.8) is 0 Å². The van der Waals surface area contributed by atoms with Crippen molar-refractivity contribution >= 4 is 28.3 Å². The third kappa shape index (κ3) is 4.39. The molecule has 2 amide bonds. The molecule has 0 aliphatic heterocycles. The molecule has 2 saturated carbocycles. The lowest BCUT2D eigenvalue weighted by atomic mass is 9.53. The molecule has 0 aromatic carbocycles. The fourth-order valence-corrected chi connectivity index (χ4v) is 7.05. The maximum absolute atomic E-state index is 12.6. The summed E-state index contributed by atoms with van der Waals surface area (Å²) in [6.45, 7) is 7.29. The van der Waals surface area contributed by atoms with E-state index in [1.54, 1.807) is 18.4 Å². The third-order valence-electron chi connectivity index (χ3n) is 7.76. The van der Waals surface area contributed by atoms with Gasteiger partial charge in [0.1, 0.15) is 0 Å². The number of carbonyl (C=O) groups is 2. The molecule has 3 aliphatic carbocycles. The van der Waals surface area contributed by atoms with Gasteiger partial charge in [0.15, 0.2) is 5.13 Å². The Kier molecular flexibility index (Phi) is 6.43. The molecule has 1 aromatic rings. The second-order valence-corrected chi connectivity index (χ2v) is 11.1. The predicted molar refractivity (Wildman–Crippen MR) is 120 cm³/mol. The number of anilines is 1. The highest BCUT2D eigenvalue weighted by Crippen LogP contribution is 2.57. The zero-order valence-electron chi connectivity index (χ0n) is 18.9. The van der Waals surface area contributed by atoms with Crippen molar-refractivity contribution in [2.45, 2.75) is 64.9 Å². The lowest BCUT2D eigenvalue weighted by molar-refractivity contribution is -0.135. The van der Waals surface area contributed by atoms with Crippen molar-refractivity contribution < 1.29 is 19.4 Å². The van der Waals surface area contributed by atoms with Crippen molar-refractivity contribution in [2.75, 3.05) is 25.6 Å². The number of thiazole rings is 1. The first-order chi connectivity index (χ1) is 14.7. The first-order valence-electron chi connectivity index (χ1n) is 11.5. The van der Waals surface area contributed by atoms with E-state index in [1.165, 1.54) is 4.88 Å². The van der Waals surface area contributed by atoms with Gasteiger partial charge in [-0.2, -0.15) is 0 Å².